The molecule has 2 amide bonds. The number of aromatic nitrogens is 2. The Morgan fingerprint density at radius 3 is 2.33 bits per heavy atom. The van der Waals surface area contributed by atoms with E-state index in [1.165, 1.54) is 0 Å². The van der Waals surface area contributed by atoms with Crippen LogP contribution in [0.15, 0.2) is 29.2 Å². The minimum absolute atomic E-state index is 0. The maximum atomic E-state index is 13.6. The van der Waals surface area contributed by atoms with Crippen LogP contribution < -0.4 is 10.0 Å². The molecule has 1 aromatic carbocycles. The van der Waals surface area contributed by atoms with Crippen molar-refractivity contribution in [1.29, 1.82) is 0 Å². The molecule has 2 aliphatic heterocycles. The summed E-state index contributed by atoms with van der Waals surface area (Å²) in [7, 11) is 0.177. The number of piperidine rings is 1. The summed E-state index contributed by atoms with van der Waals surface area (Å²) in [6, 6.07) is 5.81. The molecule has 46 heavy (non-hydrogen) atoms. The van der Waals surface area contributed by atoms with Crippen molar-refractivity contribution < 1.29 is 23.1 Å². The molecular formula is C32H52ClN7O5S. The van der Waals surface area contributed by atoms with E-state index in [9.17, 15) is 23.1 Å². The molecule has 14 heteroatoms. The van der Waals surface area contributed by atoms with Crippen LogP contribution in [0.3, 0.4) is 0 Å². The lowest BCUT2D eigenvalue weighted by molar-refractivity contribution is -0.165. The first kappa shape index (κ1) is 37.9. The summed E-state index contributed by atoms with van der Waals surface area (Å²) < 4.78 is 29.8. The highest BCUT2D eigenvalue weighted by molar-refractivity contribution is 7.89. The normalized spacial score (nSPS) is 19.5. The van der Waals surface area contributed by atoms with E-state index in [-0.39, 0.29) is 35.0 Å². The zero-order chi connectivity index (χ0) is 33.1. The van der Waals surface area contributed by atoms with Crippen LogP contribution >= 0.6 is 12.4 Å². The Morgan fingerprint density at radius 1 is 1.13 bits per heavy atom. The van der Waals surface area contributed by atoms with Gasteiger partial charge in [0.05, 0.1) is 22.4 Å². The molecule has 2 atom stereocenters. The highest BCUT2D eigenvalue weighted by atomic mass is 35.5. The minimum atomic E-state index is -3.61. The second-order valence-electron chi connectivity index (χ2n) is 13.1. The number of hydrogen-bond acceptors (Lipinski definition) is 8. The third-order valence-corrected chi connectivity index (χ3v) is 10.7. The number of halogens is 1. The van der Waals surface area contributed by atoms with Crippen molar-refractivity contribution in [2.75, 3.05) is 46.8 Å². The first-order valence-corrected chi connectivity index (χ1v) is 17.5. The Morgan fingerprint density at radius 2 is 1.76 bits per heavy atom. The van der Waals surface area contributed by atoms with Crippen molar-refractivity contribution in [1.82, 2.24) is 34.5 Å². The van der Waals surface area contributed by atoms with E-state index in [0.717, 1.165) is 35.5 Å². The number of rotatable bonds is 13. The molecule has 12 nitrogen and oxygen atoms in total. The van der Waals surface area contributed by atoms with Gasteiger partial charge in [0.25, 0.3) is 0 Å². The lowest BCUT2D eigenvalue weighted by atomic mass is 9.80. The Bertz CT molecular complexity index is 1450. The number of sulfonamides is 1. The van der Waals surface area contributed by atoms with Gasteiger partial charge in [-0.15, -0.1) is 12.4 Å². The summed E-state index contributed by atoms with van der Waals surface area (Å²) in [5.74, 6) is -0.508. The van der Waals surface area contributed by atoms with Crippen LogP contribution in [-0.4, -0.2) is 114 Å². The van der Waals surface area contributed by atoms with Gasteiger partial charge in [-0.2, -0.15) is 5.10 Å². The van der Waals surface area contributed by atoms with E-state index in [1.807, 2.05) is 51.4 Å². The summed E-state index contributed by atoms with van der Waals surface area (Å²) in [6.45, 7) is 13.1. The van der Waals surface area contributed by atoms with Gasteiger partial charge in [-0.1, -0.05) is 27.2 Å². The summed E-state index contributed by atoms with van der Waals surface area (Å²) >= 11 is 0. The molecule has 2 fully saturated rings. The number of nitrogens with one attached hydrogen (secondary N) is 2. The number of likely N-dealkylation sites (N-methyl/N-ethyl adjacent to an activating group) is 1. The third kappa shape index (κ3) is 7.94. The van der Waals surface area contributed by atoms with Gasteiger partial charge in [-0.3, -0.25) is 14.5 Å². The Kier molecular flexibility index (Phi) is 12.8. The molecule has 3 N–H and O–H groups in total. The molecule has 0 aliphatic carbocycles. The van der Waals surface area contributed by atoms with Crippen LogP contribution in [0.1, 0.15) is 63.4 Å². The molecule has 2 saturated heterocycles. The number of aryl methyl sites for hydroxylation is 1. The van der Waals surface area contributed by atoms with Crippen LogP contribution in [0.2, 0.25) is 0 Å². The third-order valence-electron chi connectivity index (χ3n) is 9.27. The predicted octanol–water partition coefficient (Wildman–Crippen LogP) is 2.23. The number of unbranched alkanes of at least 4 members (excludes halogenated alkanes) is 1. The SMILES string of the molecule is CCCCN1C(=O)[C@@H]([C@H](O)C(C)C)NC(=O)C12CCN(Cc1c(C)nn(-c3ccc(S(=O)(=O)NCCN(C)C)cc3)c1C)CC2.Cl. The van der Waals surface area contributed by atoms with Crippen molar-refractivity contribution in [3.05, 3.63) is 41.2 Å². The van der Waals surface area contributed by atoms with Crippen molar-refractivity contribution in [3.63, 3.8) is 0 Å². The van der Waals surface area contributed by atoms with Crippen LogP contribution in [-0.2, 0) is 26.2 Å². The average Bonchev–Trinajstić information content (AvgIpc) is 3.27. The second kappa shape index (κ2) is 15.6. The van der Waals surface area contributed by atoms with Crippen LogP contribution in [0.25, 0.3) is 5.69 Å². The molecule has 0 saturated carbocycles. The van der Waals surface area contributed by atoms with Gasteiger partial charge < -0.3 is 20.2 Å². The Balaban J connectivity index is 0.00000576. The summed E-state index contributed by atoms with van der Waals surface area (Å²) in [5, 5.41) is 18.4. The number of piperazine rings is 1. The number of likely N-dealkylation sites (tertiary alicyclic amines) is 1. The Hall–Kier alpha value is -2.55. The topological polar surface area (TPSA) is 140 Å². The first-order chi connectivity index (χ1) is 21.2. The number of carbonyl (C=O) groups is 2. The van der Waals surface area contributed by atoms with E-state index >= 15 is 0 Å². The molecule has 0 unspecified atom stereocenters. The lowest BCUT2D eigenvalue weighted by Gasteiger charge is -2.52. The molecule has 2 aromatic rings. The molecule has 0 bridgehead atoms. The maximum Gasteiger partial charge on any atom is 0.248 e. The summed E-state index contributed by atoms with van der Waals surface area (Å²) in [6.07, 6.45) is 1.80. The second-order valence-corrected chi connectivity index (χ2v) is 14.9. The average molecular weight is 682 g/mol. The number of benzene rings is 1. The van der Waals surface area contributed by atoms with Crippen molar-refractivity contribution >= 4 is 34.2 Å². The fourth-order valence-electron chi connectivity index (χ4n) is 6.31. The van der Waals surface area contributed by atoms with Crippen LogP contribution in [0.4, 0.5) is 0 Å². The molecule has 1 spiro atoms. The smallest absolute Gasteiger partial charge is 0.248 e. The van der Waals surface area contributed by atoms with Gasteiger partial charge in [-0.25, -0.2) is 17.8 Å². The highest BCUT2D eigenvalue weighted by Crippen LogP contribution is 2.35. The zero-order valence-electron chi connectivity index (χ0n) is 28.2. The standard InChI is InChI=1S/C32H51N7O5S.ClH/c1-8-9-17-38-30(41)28(29(40)22(2)3)34-31(42)32(38)14-18-37(19-15-32)21-27-23(4)35-39(24(27)5)25-10-12-26(13-11-25)45(43,44)33-16-20-36(6)7;/h10-13,22,28-29,33,40H,8-9,14-21H2,1-7H3,(H,34,42);1H/t28-,29-;/m1./s1. The van der Waals surface area contributed by atoms with E-state index in [4.69, 9.17) is 5.10 Å². The first-order valence-electron chi connectivity index (χ1n) is 16.0. The van der Waals surface area contributed by atoms with Crippen molar-refractivity contribution in [2.24, 2.45) is 5.92 Å². The molecule has 4 rings (SSSR count). The lowest BCUT2D eigenvalue weighted by Crippen LogP contribution is -2.74. The molecule has 258 valence electrons. The predicted molar refractivity (Wildman–Crippen MR) is 181 cm³/mol. The molecule has 3 heterocycles. The number of carbonyl (C=O) groups excluding carboxylic acids is 2. The Labute approximate surface area is 280 Å². The monoisotopic (exact) mass is 681 g/mol. The van der Waals surface area contributed by atoms with Crippen LogP contribution in [0.5, 0.6) is 0 Å². The minimum Gasteiger partial charge on any atom is -0.390 e. The summed E-state index contributed by atoms with van der Waals surface area (Å²) in [4.78, 5) is 33.4. The van der Waals surface area contributed by atoms with Gasteiger partial charge in [-0.05, 0) is 77.4 Å². The van der Waals surface area contributed by atoms with E-state index in [2.05, 4.69) is 21.9 Å². The molecule has 2 aliphatic rings. The fourth-order valence-corrected chi connectivity index (χ4v) is 7.33. The maximum absolute atomic E-state index is 13.6. The molecule has 0 radical (unpaired) electrons. The van der Waals surface area contributed by atoms with Gasteiger partial charge in [0, 0.05) is 50.5 Å². The molecular weight excluding hydrogens is 630 g/mol. The van der Waals surface area contributed by atoms with Crippen LogP contribution in [0, 0.1) is 19.8 Å². The number of aliphatic hydroxyl groups excluding tert-OH is 1. The van der Waals surface area contributed by atoms with Crippen molar-refractivity contribution in [3.8, 4) is 5.69 Å². The quantitative estimate of drug-likeness (QED) is 0.293. The van der Waals surface area contributed by atoms with E-state index in [1.54, 1.807) is 29.2 Å². The number of aliphatic hydroxyl groups is 1. The summed E-state index contributed by atoms with van der Waals surface area (Å²) in [5.41, 5.74) is 2.80. The number of nitrogens with zero attached hydrogens (tertiary/aromatic N) is 5. The van der Waals surface area contributed by atoms with E-state index in [0.29, 0.717) is 52.1 Å². The van der Waals surface area contributed by atoms with Gasteiger partial charge >= 0.3 is 0 Å². The van der Waals surface area contributed by atoms with E-state index < -0.39 is 27.7 Å². The number of amides is 2. The van der Waals surface area contributed by atoms with Crippen molar-refractivity contribution in [2.45, 2.75) is 89.4 Å². The van der Waals surface area contributed by atoms with Gasteiger partial charge in [0.2, 0.25) is 21.8 Å². The highest BCUT2D eigenvalue weighted by Gasteiger charge is 2.54. The fraction of sp³-hybridized carbons (Fsp3) is 0.656. The van der Waals surface area contributed by atoms with Gasteiger partial charge in [0.1, 0.15) is 11.6 Å². The van der Waals surface area contributed by atoms with Gasteiger partial charge in [0.15, 0.2) is 0 Å². The zero-order valence-corrected chi connectivity index (χ0v) is 29.9. The number of hydrogen-bond donors (Lipinski definition) is 3. The molecule has 1 aromatic heterocycles. The largest absolute Gasteiger partial charge is 0.390 e.